The van der Waals surface area contributed by atoms with Gasteiger partial charge in [0.1, 0.15) is 17.3 Å². The van der Waals surface area contributed by atoms with Crippen molar-refractivity contribution < 1.29 is 4.42 Å². The fourth-order valence-corrected chi connectivity index (χ4v) is 2.29. The Bertz CT molecular complexity index is 565. The molecule has 0 aliphatic carbocycles. The van der Waals surface area contributed by atoms with E-state index in [-0.39, 0.29) is 6.04 Å². The molecule has 96 valence electrons. The van der Waals surface area contributed by atoms with E-state index in [2.05, 4.69) is 33.2 Å². The highest BCUT2D eigenvalue weighted by molar-refractivity contribution is 9.10. The van der Waals surface area contributed by atoms with Gasteiger partial charge in [-0.25, -0.2) is 4.98 Å². The lowest BCUT2D eigenvalue weighted by Crippen LogP contribution is -2.10. The van der Waals surface area contributed by atoms with Crippen molar-refractivity contribution in [3.63, 3.8) is 0 Å². The first-order valence-corrected chi connectivity index (χ1v) is 6.51. The number of anilines is 2. The van der Waals surface area contributed by atoms with Crippen molar-refractivity contribution in [1.82, 2.24) is 4.98 Å². The van der Waals surface area contributed by atoms with Gasteiger partial charge in [-0.05, 0) is 48.8 Å². The van der Waals surface area contributed by atoms with Gasteiger partial charge >= 0.3 is 0 Å². The Kier molecular flexibility index (Phi) is 3.61. The van der Waals surface area contributed by atoms with Gasteiger partial charge in [0.2, 0.25) is 0 Å². The second kappa shape index (κ2) is 5.02. The molecule has 2 heterocycles. The summed E-state index contributed by atoms with van der Waals surface area (Å²) in [6.07, 6.45) is 1.72. The molecule has 0 spiro atoms. The minimum atomic E-state index is 0.0958. The number of nitrogens with two attached hydrogens (primary N) is 1. The molecule has 5 heteroatoms. The largest absolute Gasteiger partial charge is 0.466 e. The van der Waals surface area contributed by atoms with Crippen LogP contribution in [0.3, 0.4) is 0 Å². The molecule has 2 rings (SSSR count). The van der Waals surface area contributed by atoms with E-state index < -0.39 is 0 Å². The molecule has 0 radical (unpaired) electrons. The van der Waals surface area contributed by atoms with Crippen LogP contribution < -0.4 is 11.1 Å². The number of rotatable bonds is 3. The molecule has 0 amide bonds. The lowest BCUT2D eigenvalue weighted by Gasteiger charge is -2.15. The van der Waals surface area contributed by atoms with E-state index >= 15 is 0 Å². The Morgan fingerprint density at radius 3 is 2.67 bits per heavy atom. The minimum Gasteiger partial charge on any atom is -0.466 e. The molecule has 2 aromatic heterocycles. The first kappa shape index (κ1) is 13.0. The number of furan rings is 1. The number of nitrogen functional groups attached to an aromatic ring is 1. The van der Waals surface area contributed by atoms with E-state index in [0.29, 0.717) is 11.5 Å². The lowest BCUT2D eigenvalue weighted by molar-refractivity contribution is 0.500. The van der Waals surface area contributed by atoms with Crippen LogP contribution in [-0.2, 0) is 0 Å². The molecule has 0 bridgehead atoms. The molecule has 2 aromatic rings. The van der Waals surface area contributed by atoms with Crippen LogP contribution in [0, 0.1) is 13.8 Å². The third kappa shape index (κ3) is 2.67. The highest BCUT2D eigenvalue weighted by Crippen LogP contribution is 2.27. The summed E-state index contributed by atoms with van der Waals surface area (Å²) in [5, 5.41) is 3.29. The van der Waals surface area contributed by atoms with Crippen molar-refractivity contribution in [2.24, 2.45) is 0 Å². The monoisotopic (exact) mass is 309 g/mol. The summed E-state index contributed by atoms with van der Waals surface area (Å²) in [5.74, 6) is 2.51. The zero-order valence-electron chi connectivity index (χ0n) is 10.6. The van der Waals surface area contributed by atoms with Crippen molar-refractivity contribution in [3.05, 3.63) is 39.9 Å². The van der Waals surface area contributed by atoms with E-state index in [4.69, 9.17) is 10.2 Å². The third-order valence-electron chi connectivity index (χ3n) is 2.78. The van der Waals surface area contributed by atoms with Crippen LogP contribution in [0.4, 0.5) is 11.5 Å². The molecule has 3 N–H and O–H groups in total. The van der Waals surface area contributed by atoms with E-state index in [9.17, 15) is 0 Å². The third-order valence-corrected chi connectivity index (χ3v) is 3.22. The van der Waals surface area contributed by atoms with Crippen LogP contribution in [0.5, 0.6) is 0 Å². The predicted molar refractivity (Wildman–Crippen MR) is 76.6 cm³/mol. The van der Waals surface area contributed by atoms with Gasteiger partial charge in [-0.15, -0.1) is 0 Å². The van der Waals surface area contributed by atoms with Crippen molar-refractivity contribution >= 4 is 27.4 Å². The fraction of sp³-hybridized carbons (Fsp3) is 0.308. The molecule has 18 heavy (non-hydrogen) atoms. The van der Waals surface area contributed by atoms with Gasteiger partial charge in [-0.2, -0.15) is 0 Å². The summed E-state index contributed by atoms with van der Waals surface area (Å²) in [6.45, 7) is 5.95. The van der Waals surface area contributed by atoms with Crippen LogP contribution in [0.1, 0.15) is 30.0 Å². The van der Waals surface area contributed by atoms with Crippen LogP contribution in [-0.4, -0.2) is 4.98 Å². The van der Waals surface area contributed by atoms with E-state index in [1.807, 2.05) is 26.0 Å². The van der Waals surface area contributed by atoms with E-state index in [0.717, 1.165) is 21.6 Å². The number of aryl methyl sites for hydroxylation is 2. The van der Waals surface area contributed by atoms with Crippen LogP contribution >= 0.6 is 15.9 Å². The summed E-state index contributed by atoms with van der Waals surface area (Å²) >= 11 is 3.34. The number of nitrogens with one attached hydrogen (secondary N) is 1. The Hall–Kier alpha value is -1.49. The van der Waals surface area contributed by atoms with Gasteiger partial charge in [0.25, 0.3) is 0 Å². The van der Waals surface area contributed by atoms with E-state index in [1.165, 1.54) is 0 Å². The molecule has 0 saturated carbocycles. The maximum absolute atomic E-state index is 5.91. The zero-order chi connectivity index (χ0) is 13.3. The normalized spacial score (nSPS) is 12.4. The summed E-state index contributed by atoms with van der Waals surface area (Å²) in [6, 6.07) is 3.95. The number of halogens is 1. The van der Waals surface area contributed by atoms with Gasteiger partial charge in [0.05, 0.1) is 11.7 Å². The topological polar surface area (TPSA) is 64.1 Å². The SMILES string of the molecule is Cc1cc(C(C)Nc2ncc(Br)cc2N)c(C)o1. The average Bonchev–Trinajstić information content (AvgIpc) is 2.62. The maximum atomic E-state index is 5.91. The first-order valence-electron chi connectivity index (χ1n) is 5.72. The smallest absolute Gasteiger partial charge is 0.149 e. The van der Waals surface area contributed by atoms with Gasteiger partial charge in [0, 0.05) is 16.2 Å². The second-order valence-corrected chi connectivity index (χ2v) is 5.24. The van der Waals surface area contributed by atoms with Crippen molar-refractivity contribution in [2.75, 3.05) is 11.1 Å². The molecular weight excluding hydrogens is 294 g/mol. The maximum Gasteiger partial charge on any atom is 0.149 e. The Labute approximate surface area is 115 Å². The molecule has 0 aromatic carbocycles. The quantitative estimate of drug-likeness (QED) is 0.905. The molecule has 0 saturated heterocycles. The molecule has 0 aliphatic rings. The fourth-order valence-electron chi connectivity index (χ4n) is 1.94. The standard InChI is InChI=1S/C13H16BrN3O/c1-7-4-11(9(3)18-7)8(2)17-13-12(15)5-10(14)6-16-13/h4-6,8H,15H2,1-3H3,(H,16,17). The zero-order valence-corrected chi connectivity index (χ0v) is 12.2. The highest BCUT2D eigenvalue weighted by atomic mass is 79.9. The summed E-state index contributed by atoms with van der Waals surface area (Å²) in [5.41, 5.74) is 7.65. The summed E-state index contributed by atoms with van der Waals surface area (Å²) in [4.78, 5) is 4.27. The lowest BCUT2D eigenvalue weighted by atomic mass is 10.1. The number of hydrogen-bond donors (Lipinski definition) is 2. The highest BCUT2D eigenvalue weighted by Gasteiger charge is 2.14. The van der Waals surface area contributed by atoms with Crippen molar-refractivity contribution in [1.29, 1.82) is 0 Å². The average molecular weight is 310 g/mol. The van der Waals surface area contributed by atoms with Crippen molar-refractivity contribution in [2.45, 2.75) is 26.8 Å². The van der Waals surface area contributed by atoms with Gasteiger partial charge < -0.3 is 15.5 Å². The Morgan fingerprint density at radius 1 is 1.39 bits per heavy atom. The molecule has 1 atom stereocenters. The van der Waals surface area contributed by atoms with Gasteiger partial charge in [0.15, 0.2) is 0 Å². The van der Waals surface area contributed by atoms with Gasteiger partial charge in [-0.3, -0.25) is 0 Å². The minimum absolute atomic E-state index is 0.0958. The first-order chi connectivity index (χ1) is 8.47. The number of pyridine rings is 1. The molecule has 0 fully saturated rings. The van der Waals surface area contributed by atoms with E-state index in [1.54, 1.807) is 6.20 Å². The Morgan fingerprint density at radius 2 is 2.11 bits per heavy atom. The van der Waals surface area contributed by atoms with Crippen LogP contribution in [0.2, 0.25) is 0 Å². The number of hydrogen-bond acceptors (Lipinski definition) is 4. The van der Waals surface area contributed by atoms with Gasteiger partial charge in [-0.1, -0.05) is 0 Å². The Balaban J connectivity index is 2.21. The second-order valence-electron chi connectivity index (χ2n) is 4.33. The molecule has 1 unspecified atom stereocenters. The predicted octanol–water partition coefficient (Wildman–Crippen LogP) is 3.81. The number of aromatic nitrogens is 1. The summed E-state index contributed by atoms with van der Waals surface area (Å²) in [7, 11) is 0. The summed E-state index contributed by atoms with van der Waals surface area (Å²) < 4.78 is 6.39. The number of nitrogens with zero attached hydrogens (tertiary/aromatic N) is 1. The van der Waals surface area contributed by atoms with Crippen molar-refractivity contribution in [3.8, 4) is 0 Å². The molecule has 0 aliphatic heterocycles. The molecule has 4 nitrogen and oxygen atoms in total. The van der Waals surface area contributed by atoms with Crippen LogP contribution in [0.15, 0.2) is 27.2 Å². The van der Waals surface area contributed by atoms with Crippen LogP contribution in [0.25, 0.3) is 0 Å². The molecular formula is C13H16BrN3O.